The van der Waals surface area contributed by atoms with Crippen molar-refractivity contribution in [1.82, 2.24) is 10.2 Å². The lowest BCUT2D eigenvalue weighted by atomic mass is 9.69. The number of nitrogens with zero attached hydrogens (tertiary/aromatic N) is 1. The van der Waals surface area contributed by atoms with Gasteiger partial charge in [0.05, 0.1) is 0 Å². The van der Waals surface area contributed by atoms with Gasteiger partial charge in [-0.05, 0) is 12.8 Å². The number of rotatable bonds is 3. The van der Waals surface area contributed by atoms with Gasteiger partial charge in [-0.15, -0.1) is 5.10 Å². The van der Waals surface area contributed by atoms with Crippen molar-refractivity contribution >= 4 is 0 Å². The SMILES string of the molecule is FC(F)(F)C1(COc2cc[nH]n2)CCC1. The highest BCUT2D eigenvalue weighted by atomic mass is 19.4. The van der Waals surface area contributed by atoms with Crippen LogP contribution in [0.2, 0.25) is 0 Å². The molecule has 0 unspecified atom stereocenters. The molecule has 1 heterocycles. The van der Waals surface area contributed by atoms with Gasteiger partial charge in [-0.25, -0.2) is 0 Å². The monoisotopic (exact) mass is 220 g/mol. The van der Waals surface area contributed by atoms with Gasteiger partial charge in [0.25, 0.3) is 0 Å². The first kappa shape index (κ1) is 10.3. The van der Waals surface area contributed by atoms with Gasteiger partial charge < -0.3 is 4.74 Å². The van der Waals surface area contributed by atoms with Crippen molar-refractivity contribution in [3.8, 4) is 5.88 Å². The quantitative estimate of drug-likeness (QED) is 0.849. The lowest BCUT2D eigenvalue weighted by Crippen LogP contribution is -2.48. The standard InChI is InChI=1S/C9H11F3N2O/c10-9(11,12)8(3-1-4-8)6-15-7-2-5-13-14-7/h2,5H,1,3-4,6H2,(H,13,14). The molecular weight excluding hydrogens is 209 g/mol. The molecule has 15 heavy (non-hydrogen) atoms. The van der Waals surface area contributed by atoms with E-state index >= 15 is 0 Å². The van der Waals surface area contributed by atoms with Crippen LogP contribution >= 0.6 is 0 Å². The summed E-state index contributed by atoms with van der Waals surface area (Å²) in [7, 11) is 0. The van der Waals surface area contributed by atoms with Crippen LogP contribution in [0.4, 0.5) is 13.2 Å². The largest absolute Gasteiger partial charge is 0.476 e. The van der Waals surface area contributed by atoms with Gasteiger partial charge in [-0.3, -0.25) is 5.10 Å². The van der Waals surface area contributed by atoms with Crippen LogP contribution in [0.1, 0.15) is 19.3 Å². The third-order valence-electron chi connectivity index (χ3n) is 2.88. The van der Waals surface area contributed by atoms with E-state index in [1.807, 2.05) is 0 Å². The first-order valence-electron chi connectivity index (χ1n) is 4.73. The third kappa shape index (κ3) is 1.80. The van der Waals surface area contributed by atoms with E-state index in [1.165, 1.54) is 12.3 Å². The van der Waals surface area contributed by atoms with Crippen molar-refractivity contribution in [2.24, 2.45) is 5.41 Å². The Morgan fingerprint density at radius 2 is 2.20 bits per heavy atom. The Balaban J connectivity index is 1.97. The molecule has 1 aromatic rings. The molecule has 0 saturated heterocycles. The summed E-state index contributed by atoms with van der Waals surface area (Å²) < 4.78 is 43.0. The fourth-order valence-corrected chi connectivity index (χ4v) is 1.65. The molecule has 0 aromatic carbocycles. The maximum absolute atomic E-state index is 12.7. The molecule has 1 N–H and O–H groups in total. The van der Waals surface area contributed by atoms with Crippen LogP contribution in [-0.4, -0.2) is 23.0 Å². The van der Waals surface area contributed by atoms with E-state index in [2.05, 4.69) is 10.2 Å². The Bertz CT molecular complexity index is 317. The van der Waals surface area contributed by atoms with Crippen molar-refractivity contribution in [1.29, 1.82) is 0 Å². The smallest absolute Gasteiger partial charge is 0.397 e. The molecule has 0 atom stereocenters. The lowest BCUT2D eigenvalue weighted by molar-refractivity contribution is -0.259. The molecule has 1 aliphatic carbocycles. The fourth-order valence-electron chi connectivity index (χ4n) is 1.65. The van der Waals surface area contributed by atoms with E-state index in [0.717, 1.165) is 0 Å². The molecule has 0 amide bonds. The Hall–Kier alpha value is -1.20. The predicted octanol–water partition coefficient (Wildman–Crippen LogP) is 2.52. The van der Waals surface area contributed by atoms with Crippen molar-refractivity contribution in [3.63, 3.8) is 0 Å². The number of hydrogen-bond donors (Lipinski definition) is 1. The number of nitrogens with one attached hydrogen (secondary N) is 1. The lowest BCUT2D eigenvalue weighted by Gasteiger charge is -2.42. The Kier molecular flexibility index (Phi) is 2.36. The van der Waals surface area contributed by atoms with E-state index in [0.29, 0.717) is 6.42 Å². The van der Waals surface area contributed by atoms with Gasteiger partial charge in [0.2, 0.25) is 5.88 Å². The molecule has 0 spiro atoms. The second-order valence-electron chi connectivity index (χ2n) is 3.83. The number of aromatic amines is 1. The molecule has 3 nitrogen and oxygen atoms in total. The minimum Gasteiger partial charge on any atom is -0.476 e. The van der Waals surface area contributed by atoms with Crippen LogP contribution in [0.25, 0.3) is 0 Å². The first-order chi connectivity index (χ1) is 7.04. The fraction of sp³-hybridized carbons (Fsp3) is 0.667. The van der Waals surface area contributed by atoms with Crippen LogP contribution < -0.4 is 4.74 Å². The zero-order chi connectivity index (χ0) is 10.9. The molecule has 1 fully saturated rings. The minimum absolute atomic E-state index is 0.154. The van der Waals surface area contributed by atoms with Gasteiger partial charge in [0.1, 0.15) is 12.0 Å². The van der Waals surface area contributed by atoms with Crippen molar-refractivity contribution in [3.05, 3.63) is 12.3 Å². The molecule has 0 aliphatic heterocycles. The van der Waals surface area contributed by atoms with E-state index in [-0.39, 0.29) is 25.3 Å². The topological polar surface area (TPSA) is 37.9 Å². The third-order valence-corrected chi connectivity index (χ3v) is 2.88. The van der Waals surface area contributed by atoms with Gasteiger partial charge in [-0.1, -0.05) is 6.42 Å². The number of ether oxygens (including phenoxy) is 1. The summed E-state index contributed by atoms with van der Waals surface area (Å²) in [6, 6.07) is 1.50. The Morgan fingerprint density at radius 1 is 1.47 bits per heavy atom. The second kappa shape index (κ2) is 3.43. The highest BCUT2D eigenvalue weighted by Gasteiger charge is 2.58. The summed E-state index contributed by atoms with van der Waals surface area (Å²) in [5.74, 6) is 0.213. The maximum atomic E-state index is 12.7. The number of aromatic nitrogens is 2. The summed E-state index contributed by atoms with van der Waals surface area (Å²) in [5.41, 5.74) is -1.65. The molecule has 6 heteroatoms. The molecule has 0 radical (unpaired) electrons. The maximum Gasteiger partial charge on any atom is 0.397 e. The highest BCUT2D eigenvalue weighted by Crippen LogP contribution is 2.52. The van der Waals surface area contributed by atoms with Crippen LogP contribution in [0, 0.1) is 5.41 Å². The van der Waals surface area contributed by atoms with Gasteiger partial charge in [-0.2, -0.15) is 13.2 Å². The van der Waals surface area contributed by atoms with Crippen LogP contribution in [0.3, 0.4) is 0 Å². The zero-order valence-corrected chi connectivity index (χ0v) is 7.97. The molecular formula is C9H11F3N2O. The number of halogens is 3. The molecule has 84 valence electrons. The summed E-state index contributed by atoms with van der Waals surface area (Å²) in [4.78, 5) is 0. The predicted molar refractivity (Wildman–Crippen MR) is 46.4 cm³/mol. The molecule has 1 saturated carbocycles. The number of H-pyrrole nitrogens is 1. The first-order valence-corrected chi connectivity index (χ1v) is 4.73. The van der Waals surface area contributed by atoms with Crippen LogP contribution in [0.5, 0.6) is 5.88 Å². The molecule has 0 bridgehead atoms. The second-order valence-corrected chi connectivity index (χ2v) is 3.83. The summed E-state index contributed by atoms with van der Waals surface area (Å²) in [5, 5.41) is 6.13. The molecule has 1 aromatic heterocycles. The normalized spacial score (nSPS) is 19.7. The van der Waals surface area contributed by atoms with Crippen molar-refractivity contribution < 1.29 is 17.9 Å². The van der Waals surface area contributed by atoms with E-state index in [1.54, 1.807) is 0 Å². The van der Waals surface area contributed by atoms with Gasteiger partial charge >= 0.3 is 6.18 Å². The molecule has 2 rings (SSSR count). The number of hydrogen-bond acceptors (Lipinski definition) is 2. The Labute approximate surface area is 84.6 Å². The number of alkyl halides is 3. The van der Waals surface area contributed by atoms with Gasteiger partial charge in [0.15, 0.2) is 0 Å². The minimum atomic E-state index is -4.18. The van der Waals surface area contributed by atoms with Crippen molar-refractivity contribution in [2.75, 3.05) is 6.61 Å². The summed E-state index contributed by atoms with van der Waals surface area (Å²) >= 11 is 0. The van der Waals surface area contributed by atoms with Crippen molar-refractivity contribution in [2.45, 2.75) is 25.4 Å². The van der Waals surface area contributed by atoms with E-state index in [9.17, 15) is 13.2 Å². The average Bonchev–Trinajstić information content (AvgIpc) is 2.51. The Morgan fingerprint density at radius 3 is 2.60 bits per heavy atom. The van der Waals surface area contributed by atoms with Crippen LogP contribution in [0.15, 0.2) is 12.3 Å². The van der Waals surface area contributed by atoms with Crippen LogP contribution in [-0.2, 0) is 0 Å². The molecule has 1 aliphatic rings. The average molecular weight is 220 g/mol. The van der Waals surface area contributed by atoms with E-state index < -0.39 is 11.6 Å². The highest BCUT2D eigenvalue weighted by molar-refractivity contribution is 5.05. The summed E-state index contributed by atoms with van der Waals surface area (Å²) in [6.45, 7) is -0.332. The summed E-state index contributed by atoms with van der Waals surface area (Å²) in [6.07, 6.45) is -1.75. The van der Waals surface area contributed by atoms with Gasteiger partial charge in [0, 0.05) is 12.3 Å². The van der Waals surface area contributed by atoms with E-state index in [4.69, 9.17) is 4.74 Å². The zero-order valence-electron chi connectivity index (χ0n) is 7.97.